The Morgan fingerprint density at radius 1 is 1.36 bits per heavy atom. The summed E-state index contributed by atoms with van der Waals surface area (Å²) in [7, 11) is 0. The minimum atomic E-state index is 0.0670. The molecule has 0 spiro atoms. The Hall–Kier alpha value is -0.620. The number of aryl methyl sites for hydroxylation is 1. The highest BCUT2D eigenvalue weighted by Crippen LogP contribution is 2.27. The minimum absolute atomic E-state index is 0.0670. The third-order valence-electron chi connectivity index (χ3n) is 1.82. The molecule has 0 N–H and O–H groups in total. The van der Waals surface area contributed by atoms with Gasteiger partial charge in [0.15, 0.2) is 0 Å². The number of halogens is 2. The quantitative estimate of drug-likeness (QED) is 0.757. The van der Waals surface area contributed by atoms with Crippen LogP contribution in [-0.2, 0) is 0 Å². The van der Waals surface area contributed by atoms with E-state index in [4.69, 9.17) is 16.0 Å². The topological polar surface area (TPSA) is 38.9 Å². The number of benzene rings is 1. The highest BCUT2D eigenvalue weighted by Gasteiger charge is 2.11. The minimum Gasteiger partial charge on any atom is -0.407 e. The number of rotatable bonds is 1. The van der Waals surface area contributed by atoms with Gasteiger partial charge in [0, 0.05) is 3.57 Å². The fraction of sp³-hybridized carbons (Fsp3) is 0.111. The third kappa shape index (κ3) is 1.76. The summed E-state index contributed by atoms with van der Waals surface area (Å²) in [6.45, 7) is 2.03. The maximum atomic E-state index is 5.56. The maximum absolute atomic E-state index is 5.56. The van der Waals surface area contributed by atoms with Crippen LogP contribution < -0.4 is 0 Å². The van der Waals surface area contributed by atoms with E-state index in [1.165, 1.54) is 5.56 Å². The van der Waals surface area contributed by atoms with Gasteiger partial charge in [-0.15, -0.1) is 5.10 Å². The SMILES string of the molecule is Cc1cccc(-c2nnc(Cl)o2)c1I. The summed E-state index contributed by atoms with van der Waals surface area (Å²) in [6.07, 6.45) is 0. The Bertz CT molecular complexity index is 470. The van der Waals surface area contributed by atoms with Crippen LogP contribution in [0.25, 0.3) is 11.5 Å². The molecule has 1 aromatic carbocycles. The van der Waals surface area contributed by atoms with Crippen molar-refractivity contribution < 1.29 is 4.42 Å². The van der Waals surface area contributed by atoms with Crippen LogP contribution in [0.2, 0.25) is 5.35 Å². The van der Waals surface area contributed by atoms with Gasteiger partial charge in [0.25, 0.3) is 0 Å². The van der Waals surface area contributed by atoms with E-state index in [1.54, 1.807) is 0 Å². The van der Waals surface area contributed by atoms with Gasteiger partial charge in [0.2, 0.25) is 5.89 Å². The molecule has 0 bridgehead atoms. The van der Waals surface area contributed by atoms with Gasteiger partial charge in [-0.1, -0.05) is 17.2 Å². The summed E-state index contributed by atoms with van der Waals surface area (Å²) >= 11 is 7.81. The molecule has 0 aliphatic rings. The van der Waals surface area contributed by atoms with Crippen LogP contribution in [0.1, 0.15) is 5.56 Å². The molecule has 2 aromatic rings. The van der Waals surface area contributed by atoms with Crippen molar-refractivity contribution in [2.24, 2.45) is 0 Å². The smallest absolute Gasteiger partial charge is 0.313 e. The molecular formula is C9H6ClIN2O. The lowest BCUT2D eigenvalue weighted by Gasteiger charge is -2.01. The molecule has 1 aromatic heterocycles. The van der Waals surface area contributed by atoms with Gasteiger partial charge in [-0.25, -0.2) is 0 Å². The van der Waals surface area contributed by atoms with Crippen LogP contribution in [0, 0.1) is 10.5 Å². The molecule has 2 rings (SSSR count). The Labute approximate surface area is 99.6 Å². The lowest BCUT2D eigenvalue weighted by Crippen LogP contribution is -1.86. The van der Waals surface area contributed by atoms with Crippen molar-refractivity contribution in [3.63, 3.8) is 0 Å². The fourth-order valence-electron chi connectivity index (χ4n) is 1.13. The predicted octanol–water partition coefficient (Wildman–Crippen LogP) is 3.30. The zero-order chi connectivity index (χ0) is 10.1. The molecule has 14 heavy (non-hydrogen) atoms. The van der Waals surface area contributed by atoms with Gasteiger partial charge >= 0.3 is 5.35 Å². The van der Waals surface area contributed by atoms with Crippen molar-refractivity contribution in [1.82, 2.24) is 10.2 Å². The molecule has 0 aliphatic carbocycles. The van der Waals surface area contributed by atoms with Crippen LogP contribution in [0.3, 0.4) is 0 Å². The number of hydrogen-bond donors (Lipinski definition) is 0. The van der Waals surface area contributed by atoms with E-state index < -0.39 is 0 Å². The Morgan fingerprint density at radius 3 is 2.79 bits per heavy atom. The summed E-state index contributed by atoms with van der Waals surface area (Å²) < 4.78 is 6.25. The summed E-state index contributed by atoms with van der Waals surface area (Å²) in [4.78, 5) is 0. The third-order valence-corrected chi connectivity index (χ3v) is 3.41. The lowest BCUT2D eigenvalue weighted by molar-refractivity contribution is 0.570. The Morgan fingerprint density at radius 2 is 2.14 bits per heavy atom. The molecule has 0 aliphatic heterocycles. The van der Waals surface area contributed by atoms with Crippen molar-refractivity contribution >= 4 is 34.2 Å². The molecule has 1 heterocycles. The van der Waals surface area contributed by atoms with Crippen molar-refractivity contribution in [2.45, 2.75) is 6.92 Å². The summed E-state index contributed by atoms with van der Waals surface area (Å²) in [6, 6.07) is 5.91. The van der Waals surface area contributed by atoms with E-state index in [2.05, 4.69) is 32.8 Å². The van der Waals surface area contributed by atoms with Crippen LogP contribution >= 0.6 is 34.2 Å². The molecule has 0 saturated carbocycles. The molecule has 0 radical (unpaired) electrons. The first-order valence-electron chi connectivity index (χ1n) is 3.93. The second kappa shape index (κ2) is 3.86. The molecule has 0 unspecified atom stereocenters. The average Bonchev–Trinajstić information content (AvgIpc) is 2.57. The molecule has 0 saturated heterocycles. The largest absolute Gasteiger partial charge is 0.407 e. The second-order valence-electron chi connectivity index (χ2n) is 2.80. The summed E-state index contributed by atoms with van der Waals surface area (Å²) in [5.74, 6) is 0.461. The van der Waals surface area contributed by atoms with E-state index in [0.717, 1.165) is 9.13 Å². The van der Waals surface area contributed by atoms with Crippen molar-refractivity contribution in [2.75, 3.05) is 0 Å². The lowest BCUT2D eigenvalue weighted by atomic mass is 10.1. The van der Waals surface area contributed by atoms with Crippen molar-refractivity contribution in [1.29, 1.82) is 0 Å². The van der Waals surface area contributed by atoms with Gasteiger partial charge in [-0.3, -0.25) is 0 Å². The first-order chi connectivity index (χ1) is 6.68. The molecule has 72 valence electrons. The summed E-state index contributed by atoms with van der Waals surface area (Å²) in [5.41, 5.74) is 2.10. The first-order valence-corrected chi connectivity index (χ1v) is 5.38. The van der Waals surface area contributed by atoms with Gasteiger partial charge < -0.3 is 4.42 Å². The van der Waals surface area contributed by atoms with E-state index in [0.29, 0.717) is 5.89 Å². The van der Waals surface area contributed by atoms with Crippen LogP contribution in [0.5, 0.6) is 0 Å². The highest BCUT2D eigenvalue weighted by molar-refractivity contribution is 14.1. The molecule has 0 fully saturated rings. The van der Waals surface area contributed by atoms with Gasteiger partial charge in [-0.05, 0) is 52.7 Å². The second-order valence-corrected chi connectivity index (χ2v) is 4.20. The van der Waals surface area contributed by atoms with Gasteiger partial charge in [0.05, 0.1) is 5.56 Å². The molecule has 0 amide bonds. The standard InChI is InChI=1S/C9H6ClIN2O/c1-5-3-2-4-6(7(5)11)8-12-13-9(10)14-8/h2-4H,1H3. The normalized spacial score (nSPS) is 10.5. The maximum Gasteiger partial charge on any atom is 0.313 e. The van der Waals surface area contributed by atoms with Crippen LogP contribution in [-0.4, -0.2) is 10.2 Å². The molecule has 3 nitrogen and oxygen atoms in total. The number of hydrogen-bond acceptors (Lipinski definition) is 3. The van der Waals surface area contributed by atoms with E-state index in [-0.39, 0.29) is 5.35 Å². The molecule has 5 heteroatoms. The van der Waals surface area contributed by atoms with Gasteiger partial charge in [0.1, 0.15) is 0 Å². The fourth-order valence-corrected chi connectivity index (χ4v) is 1.83. The monoisotopic (exact) mass is 320 g/mol. The van der Waals surface area contributed by atoms with Crippen molar-refractivity contribution in [3.8, 4) is 11.5 Å². The average molecular weight is 321 g/mol. The van der Waals surface area contributed by atoms with E-state index >= 15 is 0 Å². The first kappa shape index (κ1) is 9.92. The predicted molar refractivity (Wildman–Crippen MR) is 62.2 cm³/mol. The Balaban J connectivity index is 2.57. The van der Waals surface area contributed by atoms with Crippen molar-refractivity contribution in [3.05, 3.63) is 32.7 Å². The zero-order valence-electron chi connectivity index (χ0n) is 7.29. The summed E-state index contributed by atoms with van der Waals surface area (Å²) in [5, 5.41) is 7.51. The molecular weight excluding hydrogens is 314 g/mol. The zero-order valence-corrected chi connectivity index (χ0v) is 10.2. The number of aromatic nitrogens is 2. The van der Waals surface area contributed by atoms with Gasteiger partial charge in [-0.2, -0.15) is 0 Å². The van der Waals surface area contributed by atoms with Crippen LogP contribution in [0.4, 0.5) is 0 Å². The Kier molecular flexibility index (Phi) is 2.73. The van der Waals surface area contributed by atoms with Crippen LogP contribution in [0.15, 0.2) is 22.6 Å². The number of nitrogens with zero attached hydrogens (tertiary/aromatic N) is 2. The van der Waals surface area contributed by atoms with E-state index in [1.807, 2.05) is 25.1 Å². The van der Waals surface area contributed by atoms with E-state index in [9.17, 15) is 0 Å². The highest BCUT2D eigenvalue weighted by atomic mass is 127. The molecule has 0 atom stereocenters.